The minimum Gasteiger partial charge on any atom is -0.478 e. The van der Waals surface area contributed by atoms with Crippen molar-refractivity contribution in [3.05, 3.63) is 47.7 Å². The van der Waals surface area contributed by atoms with Crippen molar-refractivity contribution >= 4 is 27.5 Å². The maximum atomic E-state index is 12.7. The van der Waals surface area contributed by atoms with E-state index in [0.29, 0.717) is 11.9 Å². The number of nitrogens with one attached hydrogen (secondary N) is 1. The molecule has 0 atom stereocenters. The number of aryl methyl sites for hydroxylation is 1. The lowest BCUT2D eigenvalue weighted by Gasteiger charge is -2.40. The molecule has 2 fully saturated rings. The number of carbonyl (C=O) groups is 1. The van der Waals surface area contributed by atoms with Crippen LogP contribution in [0.1, 0.15) is 48.0 Å². The number of anilines is 2. The Hall–Kier alpha value is -2.65. The third kappa shape index (κ3) is 5.05. The number of hydrogen-bond acceptors (Lipinski definition) is 6. The average Bonchev–Trinajstić information content (AvgIpc) is 2.80. The van der Waals surface area contributed by atoms with Gasteiger partial charge < -0.3 is 14.9 Å². The second-order valence-corrected chi connectivity index (χ2v) is 10.3. The summed E-state index contributed by atoms with van der Waals surface area (Å²) in [4.78, 5) is 21.0. The normalized spacial score (nSPS) is 18.5. The molecule has 0 amide bonds. The van der Waals surface area contributed by atoms with E-state index in [2.05, 4.69) is 14.6 Å². The van der Waals surface area contributed by atoms with Crippen LogP contribution in [0.25, 0.3) is 0 Å². The lowest BCUT2D eigenvalue weighted by atomic mass is 9.99. The topological polar surface area (TPSA) is 103 Å². The van der Waals surface area contributed by atoms with Crippen molar-refractivity contribution in [3.8, 4) is 0 Å². The highest BCUT2D eigenvalue weighted by molar-refractivity contribution is 7.92. The Bertz CT molecular complexity index is 1060. The average molecular weight is 459 g/mol. The molecule has 2 aliphatic rings. The monoisotopic (exact) mass is 458 g/mol. The summed E-state index contributed by atoms with van der Waals surface area (Å²) in [6, 6.07) is 8.36. The number of benzene rings is 1. The fourth-order valence-electron chi connectivity index (χ4n) is 4.58. The molecule has 0 spiro atoms. The van der Waals surface area contributed by atoms with E-state index in [4.69, 9.17) is 0 Å². The van der Waals surface area contributed by atoms with Crippen molar-refractivity contribution in [1.82, 2.24) is 9.88 Å². The molecule has 2 N–H and O–H groups in total. The standard InChI is InChI=1S/C23H30N4O4S/c1-17-5-7-20(8-6-17)32(30,31)25-18-15-21(23(28)29)22(24-16-18)27-13-9-19(10-14-27)26-11-3-2-4-12-26/h5-8,15-16,19,25H,2-4,9-14H2,1H3,(H,28,29). The van der Waals surface area contributed by atoms with Crippen LogP contribution in [0.15, 0.2) is 41.4 Å². The minimum atomic E-state index is -3.83. The summed E-state index contributed by atoms with van der Waals surface area (Å²) in [5.41, 5.74) is 1.09. The van der Waals surface area contributed by atoms with E-state index in [0.717, 1.165) is 44.6 Å². The molecule has 3 heterocycles. The predicted octanol–water partition coefficient (Wildman–Crippen LogP) is 3.34. The van der Waals surface area contributed by atoms with Gasteiger partial charge in [0.1, 0.15) is 11.4 Å². The van der Waals surface area contributed by atoms with E-state index in [1.54, 1.807) is 12.1 Å². The molecule has 2 saturated heterocycles. The van der Waals surface area contributed by atoms with Gasteiger partial charge in [-0.25, -0.2) is 18.2 Å². The molecule has 0 radical (unpaired) electrons. The number of aromatic carboxylic acids is 1. The van der Waals surface area contributed by atoms with E-state index < -0.39 is 16.0 Å². The predicted molar refractivity (Wildman–Crippen MR) is 124 cm³/mol. The summed E-state index contributed by atoms with van der Waals surface area (Å²) in [5.74, 6) is -0.727. The van der Waals surface area contributed by atoms with E-state index in [9.17, 15) is 18.3 Å². The van der Waals surface area contributed by atoms with Gasteiger partial charge in [-0.3, -0.25) is 4.72 Å². The molecular formula is C23H30N4O4S. The van der Waals surface area contributed by atoms with Crippen LogP contribution in [0.2, 0.25) is 0 Å². The van der Waals surface area contributed by atoms with Gasteiger partial charge in [0.25, 0.3) is 10.0 Å². The quantitative estimate of drug-likeness (QED) is 0.684. The van der Waals surface area contributed by atoms with Gasteiger partial charge in [0.15, 0.2) is 0 Å². The molecule has 172 valence electrons. The van der Waals surface area contributed by atoms with Crippen LogP contribution >= 0.6 is 0 Å². The van der Waals surface area contributed by atoms with Crippen molar-refractivity contribution in [2.75, 3.05) is 35.8 Å². The summed E-state index contributed by atoms with van der Waals surface area (Å²) >= 11 is 0. The highest BCUT2D eigenvalue weighted by atomic mass is 32.2. The second kappa shape index (κ2) is 9.46. The first-order chi connectivity index (χ1) is 15.3. The first-order valence-electron chi connectivity index (χ1n) is 11.2. The molecule has 9 heteroatoms. The maximum absolute atomic E-state index is 12.7. The van der Waals surface area contributed by atoms with Crippen LogP contribution < -0.4 is 9.62 Å². The Kier molecular flexibility index (Phi) is 6.66. The number of sulfonamides is 1. The van der Waals surface area contributed by atoms with Crippen molar-refractivity contribution in [1.29, 1.82) is 0 Å². The Labute approximate surface area is 189 Å². The van der Waals surface area contributed by atoms with E-state index in [1.165, 1.54) is 43.7 Å². The van der Waals surface area contributed by atoms with Gasteiger partial charge in [-0.2, -0.15) is 0 Å². The lowest BCUT2D eigenvalue weighted by Crippen LogP contribution is -2.47. The number of hydrogen-bond donors (Lipinski definition) is 2. The maximum Gasteiger partial charge on any atom is 0.339 e. The molecule has 32 heavy (non-hydrogen) atoms. The fourth-order valence-corrected chi connectivity index (χ4v) is 5.61. The summed E-state index contributed by atoms with van der Waals surface area (Å²) in [6.45, 7) is 5.66. The molecule has 4 rings (SSSR count). The van der Waals surface area contributed by atoms with Gasteiger partial charge >= 0.3 is 5.97 Å². The Morgan fingerprint density at radius 1 is 1.06 bits per heavy atom. The molecular weight excluding hydrogens is 428 g/mol. The number of carboxylic acids is 1. The van der Waals surface area contributed by atoms with Crippen LogP contribution in [0.4, 0.5) is 11.5 Å². The molecule has 8 nitrogen and oxygen atoms in total. The largest absolute Gasteiger partial charge is 0.478 e. The molecule has 0 bridgehead atoms. The van der Waals surface area contributed by atoms with Crippen molar-refractivity contribution in [2.45, 2.75) is 50.0 Å². The number of piperidine rings is 2. The zero-order chi connectivity index (χ0) is 22.7. The third-order valence-electron chi connectivity index (χ3n) is 6.35. The van der Waals surface area contributed by atoms with Gasteiger partial charge in [0.2, 0.25) is 0 Å². The minimum absolute atomic E-state index is 0.00512. The number of aromatic nitrogens is 1. The van der Waals surface area contributed by atoms with Crippen LogP contribution in [0.3, 0.4) is 0 Å². The number of pyridine rings is 1. The molecule has 1 aromatic carbocycles. The van der Waals surface area contributed by atoms with Crippen molar-refractivity contribution < 1.29 is 18.3 Å². The molecule has 0 saturated carbocycles. The number of nitrogens with zero attached hydrogens (tertiary/aromatic N) is 3. The van der Waals surface area contributed by atoms with Crippen LogP contribution in [-0.4, -0.2) is 61.6 Å². The molecule has 2 aliphatic heterocycles. The zero-order valence-corrected chi connectivity index (χ0v) is 19.1. The van der Waals surface area contributed by atoms with Gasteiger partial charge in [-0.15, -0.1) is 0 Å². The third-order valence-corrected chi connectivity index (χ3v) is 7.75. The summed E-state index contributed by atoms with van der Waals surface area (Å²) in [6.07, 6.45) is 7.16. The zero-order valence-electron chi connectivity index (χ0n) is 18.3. The number of carboxylic acid groups (broad SMARTS) is 1. The van der Waals surface area contributed by atoms with Crippen molar-refractivity contribution in [2.24, 2.45) is 0 Å². The lowest BCUT2D eigenvalue weighted by molar-refractivity contribution is 0.0697. The van der Waals surface area contributed by atoms with Gasteiger partial charge in [0, 0.05) is 19.1 Å². The second-order valence-electron chi connectivity index (χ2n) is 8.63. The van der Waals surface area contributed by atoms with Gasteiger partial charge in [-0.1, -0.05) is 24.1 Å². The number of rotatable bonds is 6. The van der Waals surface area contributed by atoms with Crippen LogP contribution in [-0.2, 0) is 10.0 Å². The van der Waals surface area contributed by atoms with E-state index in [1.807, 2.05) is 11.8 Å². The van der Waals surface area contributed by atoms with E-state index >= 15 is 0 Å². The molecule has 0 aliphatic carbocycles. The van der Waals surface area contributed by atoms with Crippen LogP contribution in [0.5, 0.6) is 0 Å². The molecule has 2 aromatic rings. The van der Waals surface area contributed by atoms with Crippen LogP contribution in [0, 0.1) is 6.92 Å². The SMILES string of the molecule is Cc1ccc(S(=O)(=O)Nc2cnc(N3CCC(N4CCCCC4)CC3)c(C(=O)O)c2)cc1. The fraction of sp³-hybridized carbons (Fsp3) is 0.478. The molecule has 1 aromatic heterocycles. The first kappa shape index (κ1) is 22.5. The van der Waals surface area contributed by atoms with Crippen molar-refractivity contribution in [3.63, 3.8) is 0 Å². The van der Waals surface area contributed by atoms with Gasteiger partial charge in [0.05, 0.1) is 16.8 Å². The molecule has 0 unspecified atom stereocenters. The summed E-state index contributed by atoms with van der Waals surface area (Å²) in [5, 5.41) is 9.77. The Morgan fingerprint density at radius 3 is 2.34 bits per heavy atom. The Morgan fingerprint density at radius 2 is 1.72 bits per heavy atom. The summed E-state index contributed by atoms with van der Waals surface area (Å²) in [7, 11) is -3.83. The van der Waals surface area contributed by atoms with Gasteiger partial charge in [-0.05, 0) is 63.9 Å². The smallest absolute Gasteiger partial charge is 0.339 e. The summed E-state index contributed by atoms with van der Waals surface area (Å²) < 4.78 is 27.8. The highest BCUT2D eigenvalue weighted by Crippen LogP contribution is 2.28. The highest BCUT2D eigenvalue weighted by Gasteiger charge is 2.28. The Balaban J connectivity index is 1.49. The number of likely N-dealkylation sites (tertiary alicyclic amines) is 1. The first-order valence-corrected chi connectivity index (χ1v) is 12.6. The van der Waals surface area contributed by atoms with E-state index in [-0.39, 0.29) is 16.1 Å².